The molecule has 0 fully saturated rings. The maximum atomic E-state index is 12.9. The van der Waals surface area contributed by atoms with Crippen molar-refractivity contribution in [3.63, 3.8) is 0 Å². The Labute approximate surface area is 207 Å². The number of benzene rings is 3. The summed E-state index contributed by atoms with van der Waals surface area (Å²) in [6.45, 7) is 4.92. The fourth-order valence-electron chi connectivity index (χ4n) is 3.16. The van der Waals surface area contributed by atoms with E-state index in [2.05, 4.69) is 26.6 Å². The zero-order chi connectivity index (χ0) is 23.8. The molecular weight excluding hydrogens is 502 g/mol. The summed E-state index contributed by atoms with van der Waals surface area (Å²) in [7, 11) is 0. The minimum absolute atomic E-state index is 0.0906. The van der Waals surface area contributed by atoms with E-state index in [0.717, 1.165) is 5.69 Å². The summed E-state index contributed by atoms with van der Waals surface area (Å²) in [5, 5.41) is 5.78. The summed E-state index contributed by atoms with van der Waals surface area (Å²) in [6, 6.07) is 21.5. The minimum atomic E-state index is -0.343. The highest BCUT2D eigenvalue weighted by Gasteiger charge is 2.16. The molecule has 3 aromatic rings. The highest BCUT2D eigenvalue weighted by molar-refractivity contribution is 9.10. The molecule has 0 unspecified atom stereocenters. The molecule has 0 saturated heterocycles. The van der Waals surface area contributed by atoms with Crippen LogP contribution in [-0.2, 0) is 0 Å². The molecule has 8 heteroatoms. The Morgan fingerprint density at radius 3 is 2.24 bits per heavy atom. The number of rotatable bonds is 7. The Bertz CT molecular complexity index is 1140. The topological polar surface area (TPSA) is 70.7 Å². The molecule has 6 nitrogen and oxygen atoms in total. The molecule has 0 aromatic heterocycles. The third-order valence-corrected chi connectivity index (χ3v) is 5.56. The van der Waals surface area contributed by atoms with Crippen molar-refractivity contribution in [3.05, 3.63) is 88.4 Å². The molecule has 170 valence electrons. The van der Waals surface area contributed by atoms with Gasteiger partial charge in [0.05, 0.1) is 11.1 Å². The van der Waals surface area contributed by atoms with Crippen molar-refractivity contribution >= 4 is 56.4 Å². The Hall–Kier alpha value is -3.23. The predicted molar refractivity (Wildman–Crippen MR) is 139 cm³/mol. The third kappa shape index (κ3) is 6.40. The van der Waals surface area contributed by atoms with Gasteiger partial charge >= 0.3 is 0 Å². The Morgan fingerprint density at radius 2 is 1.64 bits per heavy atom. The predicted octanol–water partition coefficient (Wildman–Crippen LogP) is 5.64. The van der Waals surface area contributed by atoms with Crippen LogP contribution in [0.15, 0.2) is 77.3 Å². The van der Waals surface area contributed by atoms with Crippen LogP contribution in [0.1, 0.15) is 34.6 Å². The second-order valence-corrected chi connectivity index (χ2v) is 8.21. The Kier molecular flexibility index (Phi) is 8.57. The average molecular weight is 526 g/mol. The van der Waals surface area contributed by atoms with Crippen LogP contribution in [0.25, 0.3) is 0 Å². The summed E-state index contributed by atoms with van der Waals surface area (Å²) in [5.74, 6) is 0.231. The molecule has 3 rings (SSSR count). The molecule has 0 aliphatic rings. The van der Waals surface area contributed by atoms with E-state index in [1.165, 1.54) is 0 Å². The van der Waals surface area contributed by atoms with Crippen LogP contribution in [0, 0.1) is 0 Å². The normalized spacial score (nSPS) is 10.3. The highest BCUT2D eigenvalue weighted by atomic mass is 79.9. The molecule has 2 amide bonds. The number of halogens is 1. The second kappa shape index (κ2) is 11.6. The van der Waals surface area contributed by atoms with Gasteiger partial charge in [-0.05, 0) is 96.6 Å². The largest absolute Gasteiger partial charge is 0.493 e. The zero-order valence-electron chi connectivity index (χ0n) is 18.3. The van der Waals surface area contributed by atoms with Crippen LogP contribution in [0.2, 0.25) is 0 Å². The molecule has 0 atom stereocenters. The lowest BCUT2D eigenvalue weighted by molar-refractivity contribution is 0.0973. The van der Waals surface area contributed by atoms with Crippen molar-refractivity contribution < 1.29 is 14.3 Å². The van der Waals surface area contributed by atoms with E-state index >= 15 is 0 Å². The van der Waals surface area contributed by atoms with E-state index in [9.17, 15) is 9.59 Å². The standard InChI is InChI=1S/C25H24BrN3O3S/c1-3-29(20-8-6-5-7-9-20)24(31)17-10-13-19(14-11-17)27-25(33)28-23(30)18-12-15-22(32-4-2)21(26)16-18/h5-16H,3-4H2,1-2H3,(H2,27,28,30,33). The molecule has 33 heavy (non-hydrogen) atoms. The van der Waals surface area contributed by atoms with Gasteiger partial charge in [0, 0.05) is 29.0 Å². The van der Waals surface area contributed by atoms with Gasteiger partial charge in [0.1, 0.15) is 5.75 Å². The van der Waals surface area contributed by atoms with Crippen LogP contribution in [0.4, 0.5) is 11.4 Å². The molecule has 0 aliphatic carbocycles. The quantitative estimate of drug-likeness (QED) is 0.390. The van der Waals surface area contributed by atoms with Gasteiger partial charge in [0.25, 0.3) is 11.8 Å². The van der Waals surface area contributed by atoms with Gasteiger partial charge in [-0.1, -0.05) is 18.2 Å². The molecule has 2 N–H and O–H groups in total. The van der Waals surface area contributed by atoms with Crippen molar-refractivity contribution in [2.75, 3.05) is 23.4 Å². The molecule has 0 saturated carbocycles. The van der Waals surface area contributed by atoms with E-state index < -0.39 is 0 Å². The number of hydrogen-bond acceptors (Lipinski definition) is 4. The summed E-state index contributed by atoms with van der Waals surface area (Å²) < 4.78 is 6.15. The molecule has 0 spiro atoms. The summed E-state index contributed by atoms with van der Waals surface area (Å²) in [6.07, 6.45) is 0. The number of para-hydroxylation sites is 1. The zero-order valence-corrected chi connectivity index (χ0v) is 20.7. The van der Waals surface area contributed by atoms with Gasteiger partial charge in [-0.2, -0.15) is 0 Å². The van der Waals surface area contributed by atoms with Crippen molar-refractivity contribution in [1.29, 1.82) is 0 Å². The second-order valence-electron chi connectivity index (χ2n) is 6.95. The monoisotopic (exact) mass is 525 g/mol. The Morgan fingerprint density at radius 1 is 0.970 bits per heavy atom. The SMILES string of the molecule is CCOc1ccc(C(=O)NC(=S)Nc2ccc(C(=O)N(CC)c3ccccc3)cc2)cc1Br. The van der Waals surface area contributed by atoms with E-state index in [-0.39, 0.29) is 16.9 Å². The highest BCUT2D eigenvalue weighted by Crippen LogP contribution is 2.26. The Balaban J connectivity index is 1.61. The number of nitrogens with one attached hydrogen (secondary N) is 2. The van der Waals surface area contributed by atoms with Crippen LogP contribution in [-0.4, -0.2) is 30.1 Å². The number of nitrogens with zero attached hydrogens (tertiary/aromatic N) is 1. The summed E-state index contributed by atoms with van der Waals surface area (Å²) >= 11 is 8.67. The molecule has 0 aliphatic heterocycles. The molecule has 0 radical (unpaired) electrons. The van der Waals surface area contributed by atoms with Crippen molar-refractivity contribution in [2.24, 2.45) is 0 Å². The van der Waals surface area contributed by atoms with Crippen LogP contribution < -0.4 is 20.3 Å². The van der Waals surface area contributed by atoms with Gasteiger partial charge in [-0.3, -0.25) is 14.9 Å². The van der Waals surface area contributed by atoms with Crippen LogP contribution >= 0.6 is 28.1 Å². The smallest absolute Gasteiger partial charge is 0.258 e. The van der Waals surface area contributed by atoms with Gasteiger partial charge in [0.15, 0.2) is 5.11 Å². The lowest BCUT2D eigenvalue weighted by atomic mass is 10.1. The average Bonchev–Trinajstić information content (AvgIpc) is 2.82. The fraction of sp³-hybridized carbons (Fsp3) is 0.160. The number of carbonyl (C=O) groups excluding carboxylic acids is 2. The lowest BCUT2D eigenvalue weighted by Gasteiger charge is -2.21. The number of thiocarbonyl (C=S) groups is 1. The van der Waals surface area contributed by atoms with Crippen molar-refractivity contribution in [2.45, 2.75) is 13.8 Å². The molecule has 0 bridgehead atoms. The maximum Gasteiger partial charge on any atom is 0.258 e. The van der Waals surface area contributed by atoms with Crippen LogP contribution in [0.3, 0.4) is 0 Å². The third-order valence-electron chi connectivity index (χ3n) is 4.74. The number of anilines is 2. The van der Waals surface area contributed by atoms with Gasteiger partial charge < -0.3 is 15.0 Å². The van der Waals surface area contributed by atoms with Gasteiger partial charge in [-0.25, -0.2) is 0 Å². The summed E-state index contributed by atoms with van der Waals surface area (Å²) in [4.78, 5) is 27.1. The van der Waals surface area contributed by atoms with Crippen LogP contribution in [0.5, 0.6) is 5.75 Å². The molecular formula is C25H24BrN3O3S. The van der Waals surface area contributed by atoms with E-state index in [1.54, 1.807) is 47.4 Å². The van der Waals surface area contributed by atoms with E-state index in [1.807, 2.05) is 44.2 Å². The van der Waals surface area contributed by atoms with E-state index in [0.29, 0.717) is 40.2 Å². The number of ether oxygens (including phenoxy) is 1. The number of hydrogen-bond donors (Lipinski definition) is 2. The first-order valence-electron chi connectivity index (χ1n) is 10.4. The van der Waals surface area contributed by atoms with Crippen molar-refractivity contribution in [1.82, 2.24) is 5.32 Å². The van der Waals surface area contributed by atoms with E-state index in [4.69, 9.17) is 17.0 Å². The summed E-state index contributed by atoms with van der Waals surface area (Å²) in [5.41, 5.74) is 2.50. The molecule has 3 aromatic carbocycles. The molecule has 0 heterocycles. The first kappa shape index (κ1) is 24.4. The van der Waals surface area contributed by atoms with Gasteiger partial charge in [-0.15, -0.1) is 0 Å². The first-order chi connectivity index (χ1) is 15.9. The number of carbonyl (C=O) groups is 2. The van der Waals surface area contributed by atoms with Gasteiger partial charge in [0.2, 0.25) is 0 Å². The van der Waals surface area contributed by atoms with Crippen molar-refractivity contribution in [3.8, 4) is 5.75 Å². The maximum absolute atomic E-state index is 12.9. The number of amides is 2. The fourth-order valence-corrected chi connectivity index (χ4v) is 3.86. The first-order valence-corrected chi connectivity index (χ1v) is 11.6. The minimum Gasteiger partial charge on any atom is -0.493 e. The lowest BCUT2D eigenvalue weighted by Crippen LogP contribution is -2.34.